The number of amides is 1. The molecule has 1 N–H and O–H groups in total. The Morgan fingerprint density at radius 3 is 2.68 bits per heavy atom. The number of nitrogens with zero attached hydrogens (tertiary/aromatic N) is 1. The predicted molar refractivity (Wildman–Crippen MR) is 71.1 cm³/mol. The van der Waals surface area contributed by atoms with E-state index < -0.39 is 11.9 Å². The van der Waals surface area contributed by atoms with Gasteiger partial charge in [0.25, 0.3) is 5.91 Å². The van der Waals surface area contributed by atoms with Gasteiger partial charge in [-0.3, -0.25) is 9.59 Å². The van der Waals surface area contributed by atoms with E-state index in [1.54, 1.807) is 18.2 Å². The molecule has 98 valence electrons. The number of nitrogens with one attached hydrogen (secondary N) is 1. The number of hydrogen-bond acceptors (Lipinski definition) is 4. The van der Waals surface area contributed by atoms with Crippen LogP contribution in [0.2, 0.25) is 5.15 Å². The molecule has 0 aliphatic heterocycles. The molecule has 2 rings (SSSR count). The van der Waals surface area contributed by atoms with Crippen LogP contribution in [0.15, 0.2) is 30.5 Å². The first-order valence-electron chi connectivity index (χ1n) is 5.51. The zero-order valence-corrected chi connectivity index (χ0v) is 10.9. The third kappa shape index (κ3) is 2.82. The van der Waals surface area contributed by atoms with Crippen LogP contribution in [0.1, 0.15) is 10.4 Å². The largest absolute Gasteiger partial charge is 0.468 e. The summed E-state index contributed by atoms with van der Waals surface area (Å²) in [6, 6.07) is 7.17. The van der Waals surface area contributed by atoms with Gasteiger partial charge in [-0.25, -0.2) is 4.98 Å². The van der Waals surface area contributed by atoms with Crippen LogP contribution in [0.5, 0.6) is 0 Å². The van der Waals surface area contributed by atoms with Crippen LogP contribution in [-0.4, -0.2) is 30.5 Å². The molecular formula is C13H11ClN2O3. The standard InChI is InChI=1S/C13H11ClN2O3/c1-19-11(17)7-16-13(18)10-6-15-12(14)9-5-3-2-4-8(9)10/h2-6H,7H2,1H3,(H,16,18). The molecule has 0 atom stereocenters. The molecule has 1 amide bonds. The van der Waals surface area contributed by atoms with Gasteiger partial charge in [-0.15, -0.1) is 0 Å². The Morgan fingerprint density at radius 2 is 2.00 bits per heavy atom. The van der Waals surface area contributed by atoms with Crippen molar-refractivity contribution in [2.75, 3.05) is 13.7 Å². The lowest BCUT2D eigenvalue weighted by Crippen LogP contribution is -2.30. The third-order valence-electron chi connectivity index (χ3n) is 2.61. The van der Waals surface area contributed by atoms with E-state index in [0.29, 0.717) is 21.5 Å². The molecule has 1 aromatic carbocycles. The fourth-order valence-corrected chi connectivity index (χ4v) is 1.87. The van der Waals surface area contributed by atoms with Crippen molar-refractivity contribution in [1.82, 2.24) is 10.3 Å². The Morgan fingerprint density at radius 1 is 1.32 bits per heavy atom. The first-order valence-corrected chi connectivity index (χ1v) is 5.89. The number of aromatic nitrogens is 1. The average Bonchev–Trinajstić information content (AvgIpc) is 2.45. The molecular weight excluding hydrogens is 268 g/mol. The first kappa shape index (κ1) is 13.3. The lowest BCUT2D eigenvalue weighted by Gasteiger charge is -2.07. The smallest absolute Gasteiger partial charge is 0.325 e. The summed E-state index contributed by atoms with van der Waals surface area (Å²) in [5, 5.41) is 4.17. The molecule has 0 fully saturated rings. The molecule has 0 aliphatic carbocycles. The number of methoxy groups -OCH3 is 1. The maximum Gasteiger partial charge on any atom is 0.325 e. The zero-order chi connectivity index (χ0) is 13.8. The van der Waals surface area contributed by atoms with Crippen LogP contribution in [0.25, 0.3) is 10.8 Å². The van der Waals surface area contributed by atoms with Gasteiger partial charge in [-0.1, -0.05) is 35.9 Å². The van der Waals surface area contributed by atoms with Crippen molar-refractivity contribution in [2.45, 2.75) is 0 Å². The lowest BCUT2D eigenvalue weighted by atomic mass is 10.1. The number of hydrogen-bond donors (Lipinski definition) is 1. The molecule has 19 heavy (non-hydrogen) atoms. The lowest BCUT2D eigenvalue weighted by molar-refractivity contribution is -0.139. The average molecular weight is 279 g/mol. The Labute approximate surface area is 114 Å². The second-order valence-corrected chi connectivity index (χ2v) is 4.13. The molecule has 5 nitrogen and oxygen atoms in total. The van der Waals surface area contributed by atoms with Crippen molar-refractivity contribution < 1.29 is 14.3 Å². The van der Waals surface area contributed by atoms with Gasteiger partial charge in [0.1, 0.15) is 11.7 Å². The molecule has 6 heteroatoms. The van der Waals surface area contributed by atoms with E-state index in [4.69, 9.17) is 11.6 Å². The second-order valence-electron chi connectivity index (χ2n) is 3.77. The minimum absolute atomic E-state index is 0.188. The minimum Gasteiger partial charge on any atom is -0.468 e. The highest BCUT2D eigenvalue weighted by Gasteiger charge is 2.13. The van der Waals surface area contributed by atoms with E-state index in [-0.39, 0.29) is 6.54 Å². The third-order valence-corrected chi connectivity index (χ3v) is 2.91. The van der Waals surface area contributed by atoms with Crippen molar-refractivity contribution in [3.8, 4) is 0 Å². The predicted octanol–water partition coefficient (Wildman–Crippen LogP) is 1.79. The Balaban J connectivity index is 2.32. The summed E-state index contributed by atoms with van der Waals surface area (Å²) in [7, 11) is 1.26. The molecule has 0 saturated carbocycles. The summed E-state index contributed by atoms with van der Waals surface area (Å²) in [6.45, 7) is -0.188. The number of rotatable bonds is 3. The number of esters is 1. The number of fused-ring (bicyclic) bond motifs is 1. The van der Waals surface area contributed by atoms with Crippen LogP contribution in [0.3, 0.4) is 0 Å². The first-order chi connectivity index (χ1) is 9.13. The van der Waals surface area contributed by atoms with Crippen molar-refractivity contribution in [3.63, 3.8) is 0 Å². The molecule has 0 saturated heterocycles. The van der Waals surface area contributed by atoms with Gasteiger partial charge in [0.15, 0.2) is 0 Å². The number of halogens is 1. The van der Waals surface area contributed by atoms with Crippen molar-refractivity contribution in [2.24, 2.45) is 0 Å². The minimum atomic E-state index is -0.514. The summed E-state index contributed by atoms with van der Waals surface area (Å²) in [5.41, 5.74) is 0.365. The number of benzene rings is 1. The summed E-state index contributed by atoms with van der Waals surface area (Å²) in [5.74, 6) is -0.912. The SMILES string of the molecule is COC(=O)CNC(=O)c1cnc(Cl)c2ccccc12. The molecule has 0 spiro atoms. The fraction of sp³-hybridized carbons (Fsp3) is 0.154. The molecule has 0 unspecified atom stereocenters. The van der Waals surface area contributed by atoms with Gasteiger partial charge in [-0.2, -0.15) is 0 Å². The number of carbonyl (C=O) groups excluding carboxylic acids is 2. The number of ether oxygens (including phenoxy) is 1. The van der Waals surface area contributed by atoms with E-state index in [0.717, 1.165) is 0 Å². The summed E-state index contributed by atoms with van der Waals surface area (Å²) in [6.07, 6.45) is 1.39. The maximum absolute atomic E-state index is 12.0. The molecule has 0 bridgehead atoms. The normalized spacial score (nSPS) is 10.2. The van der Waals surface area contributed by atoms with E-state index in [1.807, 2.05) is 6.07 Å². The zero-order valence-electron chi connectivity index (χ0n) is 10.1. The van der Waals surface area contributed by atoms with Gasteiger partial charge < -0.3 is 10.1 Å². The van der Waals surface area contributed by atoms with Gasteiger partial charge in [0.05, 0.1) is 12.7 Å². The van der Waals surface area contributed by atoms with E-state index in [1.165, 1.54) is 13.3 Å². The molecule has 1 aromatic heterocycles. The number of carbonyl (C=O) groups is 2. The van der Waals surface area contributed by atoms with Crippen molar-refractivity contribution >= 4 is 34.2 Å². The van der Waals surface area contributed by atoms with Crippen LogP contribution in [0, 0.1) is 0 Å². The highest BCUT2D eigenvalue weighted by molar-refractivity contribution is 6.34. The molecule has 1 heterocycles. The Bertz CT molecular complexity index is 643. The Kier molecular flexibility index (Phi) is 3.97. The Hall–Kier alpha value is -2.14. The van der Waals surface area contributed by atoms with Crippen molar-refractivity contribution in [1.29, 1.82) is 0 Å². The van der Waals surface area contributed by atoms with Gasteiger partial charge in [0.2, 0.25) is 0 Å². The van der Waals surface area contributed by atoms with E-state index in [2.05, 4.69) is 15.0 Å². The molecule has 2 aromatic rings. The van der Waals surface area contributed by atoms with Crippen LogP contribution >= 0.6 is 11.6 Å². The van der Waals surface area contributed by atoms with Gasteiger partial charge in [-0.05, 0) is 5.39 Å². The second kappa shape index (κ2) is 5.67. The summed E-state index contributed by atoms with van der Waals surface area (Å²) >= 11 is 5.97. The fourth-order valence-electron chi connectivity index (χ4n) is 1.66. The highest BCUT2D eigenvalue weighted by atomic mass is 35.5. The topological polar surface area (TPSA) is 68.3 Å². The summed E-state index contributed by atoms with van der Waals surface area (Å²) < 4.78 is 4.45. The number of pyridine rings is 1. The van der Waals surface area contributed by atoms with Crippen LogP contribution in [0.4, 0.5) is 0 Å². The highest BCUT2D eigenvalue weighted by Crippen LogP contribution is 2.23. The maximum atomic E-state index is 12.0. The van der Waals surface area contributed by atoms with E-state index in [9.17, 15) is 9.59 Å². The van der Waals surface area contributed by atoms with E-state index >= 15 is 0 Å². The van der Waals surface area contributed by atoms with Crippen LogP contribution < -0.4 is 5.32 Å². The summed E-state index contributed by atoms with van der Waals surface area (Å²) in [4.78, 5) is 26.9. The van der Waals surface area contributed by atoms with Crippen molar-refractivity contribution in [3.05, 3.63) is 41.2 Å². The quantitative estimate of drug-likeness (QED) is 0.686. The van der Waals surface area contributed by atoms with Gasteiger partial charge in [0, 0.05) is 11.6 Å². The van der Waals surface area contributed by atoms with Gasteiger partial charge >= 0.3 is 5.97 Å². The van der Waals surface area contributed by atoms with Crippen LogP contribution in [-0.2, 0) is 9.53 Å². The molecule has 0 radical (unpaired) electrons. The monoisotopic (exact) mass is 278 g/mol. The molecule has 0 aliphatic rings.